The molecule has 0 radical (unpaired) electrons. The lowest BCUT2D eigenvalue weighted by Crippen LogP contribution is -2.29. The summed E-state index contributed by atoms with van der Waals surface area (Å²) in [5, 5.41) is 9.49. The van der Waals surface area contributed by atoms with Gasteiger partial charge in [0, 0.05) is 25.7 Å². The van der Waals surface area contributed by atoms with Crippen molar-refractivity contribution in [2.75, 3.05) is 12.8 Å². The van der Waals surface area contributed by atoms with Crippen molar-refractivity contribution in [2.45, 2.75) is 64.8 Å². The summed E-state index contributed by atoms with van der Waals surface area (Å²) in [5.41, 5.74) is 8.57. The second kappa shape index (κ2) is 8.88. The molecule has 5 heteroatoms. The maximum atomic E-state index is 12.5. The smallest absolute Gasteiger partial charge is 0.335 e. The van der Waals surface area contributed by atoms with E-state index >= 15 is 0 Å². The minimum atomic E-state index is -0.938. The van der Waals surface area contributed by atoms with E-state index in [1.165, 1.54) is 12.8 Å². The van der Waals surface area contributed by atoms with E-state index < -0.39 is 5.97 Å². The fourth-order valence-corrected chi connectivity index (χ4v) is 3.68. The van der Waals surface area contributed by atoms with Gasteiger partial charge < -0.3 is 15.7 Å². The van der Waals surface area contributed by atoms with Gasteiger partial charge in [-0.15, -0.1) is 0 Å². The lowest BCUT2D eigenvalue weighted by atomic mass is 9.94. The average molecular weight is 346 g/mol. The molecule has 5 nitrogen and oxygen atoms in total. The molecule has 0 aromatic heterocycles. The van der Waals surface area contributed by atoms with Crippen LogP contribution in [0, 0.1) is 5.92 Å². The number of unbranched alkanes of at least 4 members (excludes halogenated alkanes) is 1. The predicted octanol–water partition coefficient (Wildman–Crippen LogP) is 3.85. The van der Waals surface area contributed by atoms with E-state index in [1.54, 1.807) is 24.1 Å². The molecule has 1 aliphatic rings. The molecule has 25 heavy (non-hydrogen) atoms. The summed E-state index contributed by atoms with van der Waals surface area (Å²) in [5.74, 6) is -0.321. The number of rotatable bonds is 8. The van der Waals surface area contributed by atoms with Gasteiger partial charge >= 0.3 is 5.97 Å². The Hall–Kier alpha value is -2.04. The van der Waals surface area contributed by atoms with Gasteiger partial charge in [0.1, 0.15) is 0 Å². The van der Waals surface area contributed by atoms with Crippen molar-refractivity contribution in [2.24, 2.45) is 5.92 Å². The normalized spacial score (nSPS) is 14.6. The van der Waals surface area contributed by atoms with Crippen molar-refractivity contribution in [1.29, 1.82) is 0 Å². The number of nitrogens with zero attached hydrogens (tertiary/aromatic N) is 1. The summed E-state index contributed by atoms with van der Waals surface area (Å²) in [4.78, 5) is 25.8. The van der Waals surface area contributed by atoms with Crippen LogP contribution in [0.25, 0.3) is 0 Å². The highest BCUT2D eigenvalue weighted by molar-refractivity contribution is 5.91. The lowest BCUT2D eigenvalue weighted by molar-refractivity contribution is -0.131. The molecular formula is C20H30N2O3. The molecular weight excluding hydrogens is 316 g/mol. The summed E-state index contributed by atoms with van der Waals surface area (Å²) in [6, 6.07) is 3.22. The Morgan fingerprint density at radius 2 is 1.92 bits per heavy atom. The van der Waals surface area contributed by atoms with E-state index in [4.69, 9.17) is 5.73 Å². The molecule has 0 bridgehead atoms. The number of carboxylic acid groups (broad SMARTS) is 1. The number of aromatic carboxylic acids is 1. The summed E-state index contributed by atoms with van der Waals surface area (Å²) < 4.78 is 0. The quantitative estimate of drug-likeness (QED) is 0.700. The van der Waals surface area contributed by atoms with Gasteiger partial charge in [-0.1, -0.05) is 26.2 Å². The minimum absolute atomic E-state index is 0.119. The maximum absolute atomic E-state index is 12.5. The third-order valence-corrected chi connectivity index (χ3v) is 5.24. The van der Waals surface area contributed by atoms with E-state index in [0.717, 1.165) is 36.8 Å². The van der Waals surface area contributed by atoms with Crippen molar-refractivity contribution >= 4 is 17.6 Å². The molecule has 0 heterocycles. The van der Waals surface area contributed by atoms with Crippen LogP contribution in [0.1, 0.15) is 73.4 Å². The summed E-state index contributed by atoms with van der Waals surface area (Å²) >= 11 is 0. The van der Waals surface area contributed by atoms with Crippen molar-refractivity contribution in [3.8, 4) is 0 Å². The molecule has 0 unspecified atom stereocenters. The van der Waals surface area contributed by atoms with Crippen LogP contribution in [0.3, 0.4) is 0 Å². The molecule has 1 fully saturated rings. The van der Waals surface area contributed by atoms with Crippen LogP contribution < -0.4 is 5.73 Å². The minimum Gasteiger partial charge on any atom is -0.478 e. The zero-order valence-electron chi connectivity index (χ0n) is 15.4. The van der Waals surface area contributed by atoms with Crippen molar-refractivity contribution in [3.05, 3.63) is 28.8 Å². The molecule has 0 saturated heterocycles. The van der Waals surface area contributed by atoms with Crippen molar-refractivity contribution < 1.29 is 14.7 Å². The number of carbonyl (C=O) groups excluding carboxylic acids is 1. The fourth-order valence-electron chi connectivity index (χ4n) is 3.68. The third kappa shape index (κ3) is 4.97. The zero-order valence-corrected chi connectivity index (χ0v) is 15.4. The first-order valence-corrected chi connectivity index (χ1v) is 9.31. The highest BCUT2D eigenvalue weighted by Gasteiger charge is 2.23. The van der Waals surface area contributed by atoms with Crippen LogP contribution in [0.15, 0.2) is 12.1 Å². The van der Waals surface area contributed by atoms with E-state index in [2.05, 4.69) is 6.92 Å². The third-order valence-electron chi connectivity index (χ3n) is 5.24. The standard InChI is InChI=1S/C20H30N2O3/c1-3-4-9-15-16(20(24)25)10-11-18(21)17(15)13-22(2)19(23)12-14-7-5-6-8-14/h10-11,14H,3-9,12-13,21H2,1-2H3,(H,24,25). The van der Waals surface area contributed by atoms with E-state index in [9.17, 15) is 14.7 Å². The topological polar surface area (TPSA) is 83.6 Å². The van der Waals surface area contributed by atoms with Gasteiger partial charge in [-0.2, -0.15) is 0 Å². The number of nitrogen functional groups attached to an aromatic ring is 1. The van der Waals surface area contributed by atoms with E-state index in [-0.39, 0.29) is 5.91 Å². The number of nitrogens with two attached hydrogens (primary N) is 1. The van der Waals surface area contributed by atoms with Crippen LogP contribution in [-0.4, -0.2) is 28.9 Å². The molecule has 138 valence electrons. The van der Waals surface area contributed by atoms with Gasteiger partial charge in [0.05, 0.1) is 5.56 Å². The highest BCUT2D eigenvalue weighted by atomic mass is 16.4. The lowest BCUT2D eigenvalue weighted by Gasteiger charge is -2.23. The second-order valence-corrected chi connectivity index (χ2v) is 7.17. The molecule has 0 aliphatic heterocycles. The van der Waals surface area contributed by atoms with Gasteiger partial charge in [0.15, 0.2) is 0 Å². The molecule has 1 aliphatic carbocycles. The molecule has 0 atom stereocenters. The van der Waals surface area contributed by atoms with Gasteiger partial charge in [-0.25, -0.2) is 4.79 Å². The highest BCUT2D eigenvalue weighted by Crippen LogP contribution is 2.29. The van der Waals surface area contributed by atoms with Crippen LogP contribution in [-0.2, 0) is 17.8 Å². The molecule has 0 spiro atoms. The number of carbonyl (C=O) groups is 2. The maximum Gasteiger partial charge on any atom is 0.335 e. The average Bonchev–Trinajstić information content (AvgIpc) is 3.07. The van der Waals surface area contributed by atoms with Gasteiger partial charge in [-0.3, -0.25) is 4.79 Å². The van der Waals surface area contributed by atoms with E-state index in [1.807, 2.05) is 0 Å². The largest absolute Gasteiger partial charge is 0.478 e. The van der Waals surface area contributed by atoms with Gasteiger partial charge in [0.2, 0.25) is 5.91 Å². The number of amides is 1. The first-order chi connectivity index (χ1) is 11.9. The molecule has 3 N–H and O–H groups in total. The Labute approximate surface area is 150 Å². The Kier molecular flexibility index (Phi) is 6.85. The van der Waals surface area contributed by atoms with Crippen LogP contribution >= 0.6 is 0 Å². The van der Waals surface area contributed by atoms with Crippen LogP contribution in [0.4, 0.5) is 5.69 Å². The Balaban J connectivity index is 2.19. The zero-order chi connectivity index (χ0) is 18.4. The number of hydrogen-bond acceptors (Lipinski definition) is 3. The number of benzene rings is 1. The monoisotopic (exact) mass is 346 g/mol. The summed E-state index contributed by atoms with van der Waals surface area (Å²) in [6.45, 7) is 2.45. The Morgan fingerprint density at radius 1 is 1.24 bits per heavy atom. The fraction of sp³-hybridized carbons (Fsp3) is 0.600. The first-order valence-electron chi connectivity index (χ1n) is 9.31. The SMILES string of the molecule is CCCCc1c(C(=O)O)ccc(N)c1CN(C)C(=O)CC1CCCC1. The number of carboxylic acids is 1. The summed E-state index contributed by atoms with van der Waals surface area (Å²) in [6.07, 6.45) is 7.84. The first kappa shape index (κ1) is 19.3. The van der Waals surface area contributed by atoms with Crippen molar-refractivity contribution in [3.63, 3.8) is 0 Å². The van der Waals surface area contributed by atoms with Gasteiger partial charge in [-0.05, 0) is 54.9 Å². The Morgan fingerprint density at radius 3 is 2.52 bits per heavy atom. The number of anilines is 1. The predicted molar refractivity (Wildman–Crippen MR) is 99.5 cm³/mol. The molecule has 1 aromatic carbocycles. The molecule has 1 saturated carbocycles. The Bertz CT molecular complexity index is 622. The molecule has 1 aromatic rings. The van der Waals surface area contributed by atoms with Crippen molar-refractivity contribution in [1.82, 2.24) is 4.90 Å². The second-order valence-electron chi connectivity index (χ2n) is 7.17. The summed E-state index contributed by atoms with van der Waals surface area (Å²) in [7, 11) is 1.79. The van der Waals surface area contributed by atoms with Crippen LogP contribution in [0.5, 0.6) is 0 Å². The number of hydrogen-bond donors (Lipinski definition) is 2. The van der Waals surface area contributed by atoms with Crippen LogP contribution in [0.2, 0.25) is 0 Å². The van der Waals surface area contributed by atoms with Gasteiger partial charge in [0.25, 0.3) is 0 Å². The molecule has 2 rings (SSSR count). The molecule has 1 amide bonds. The van der Waals surface area contributed by atoms with E-state index in [0.29, 0.717) is 36.6 Å².